The highest BCUT2D eigenvalue weighted by Gasteiger charge is 2.16. The Hall–Kier alpha value is -3.68. The predicted octanol–water partition coefficient (Wildman–Crippen LogP) is 2.90. The van der Waals surface area contributed by atoms with Gasteiger partial charge in [0.15, 0.2) is 0 Å². The van der Waals surface area contributed by atoms with E-state index in [1.54, 1.807) is 0 Å². The first-order valence-corrected chi connectivity index (χ1v) is 7.56. The minimum Gasteiger partial charge on any atom is -0.465 e. The molecule has 0 aliphatic rings. The Morgan fingerprint density at radius 3 is 2.30 bits per heavy atom. The number of halogens is 1. The molecule has 2 rings (SSSR count). The Balaban J connectivity index is 2.00. The number of hydrogen-bond acceptors (Lipinski definition) is 7. The van der Waals surface area contributed by atoms with Crippen LogP contribution in [0.4, 0.5) is 4.39 Å². The Bertz CT molecular complexity index is 859. The number of benzene rings is 2. The lowest BCUT2D eigenvalue weighted by Crippen LogP contribution is -2.12. The van der Waals surface area contributed by atoms with Gasteiger partial charge < -0.3 is 18.9 Å². The van der Waals surface area contributed by atoms with Crippen molar-refractivity contribution >= 4 is 17.9 Å². The van der Waals surface area contributed by atoms with Crippen molar-refractivity contribution in [3.8, 4) is 11.5 Å². The van der Waals surface area contributed by atoms with E-state index in [2.05, 4.69) is 16.1 Å². The van der Waals surface area contributed by atoms with Crippen molar-refractivity contribution in [1.82, 2.24) is 0 Å². The molecule has 0 spiro atoms. The van der Waals surface area contributed by atoms with Gasteiger partial charge in [0.05, 0.1) is 18.2 Å². The molecule has 8 heteroatoms. The summed E-state index contributed by atoms with van der Waals surface area (Å²) in [5.74, 6) is -2.84. The van der Waals surface area contributed by atoms with E-state index in [1.807, 2.05) is 0 Å². The molecule has 7 nitrogen and oxygen atoms in total. The van der Waals surface area contributed by atoms with Gasteiger partial charge in [0.2, 0.25) is 6.79 Å². The standard InChI is InChI=1S/C19H15FO7/c1-3-17(21)26-11-25-14-8-9-15(16(20)10-14)19(23)27-13-6-4-12(5-7-13)18(22)24-2/h3-10H,1,11H2,2H3. The molecule has 0 aromatic heterocycles. The molecule has 0 heterocycles. The molecule has 0 aliphatic heterocycles. The summed E-state index contributed by atoms with van der Waals surface area (Å²) in [4.78, 5) is 34.3. The summed E-state index contributed by atoms with van der Waals surface area (Å²) in [6.07, 6.45) is 0.959. The van der Waals surface area contributed by atoms with Crippen LogP contribution in [0.1, 0.15) is 20.7 Å². The Morgan fingerprint density at radius 1 is 1.04 bits per heavy atom. The topological polar surface area (TPSA) is 88.1 Å². The first kappa shape index (κ1) is 19.6. The summed E-state index contributed by atoms with van der Waals surface area (Å²) >= 11 is 0. The molecule has 27 heavy (non-hydrogen) atoms. The summed E-state index contributed by atoms with van der Waals surface area (Å²) in [6.45, 7) is 2.79. The number of carbonyl (C=O) groups excluding carboxylic acids is 3. The maximum atomic E-state index is 14.1. The van der Waals surface area contributed by atoms with E-state index >= 15 is 0 Å². The van der Waals surface area contributed by atoms with Gasteiger partial charge in [-0.15, -0.1) is 0 Å². The number of ether oxygens (including phenoxy) is 4. The van der Waals surface area contributed by atoms with Gasteiger partial charge in [-0.1, -0.05) is 6.58 Å². The average Bonchev–Trinajstić information content (AvgIpc) is 2.67. The summed E-state index contributed by atoms with van der Waals surface area (Å²) in [7, 11) is 1.25. The van der Waals surface area contributed by atoms with Crippen LogP contribution >= 0.6 is 0 Å². The van der Waals surface area contributed by atoms with Crippen molar-refractivity contribution in [3.63, 3.8) is 0 Å². The van der Waals surface area contributed by atoms with Crippen LogP contribution < -0.4 is 9.47 Å². The molecular formula is C19H15FO7. The third kappa shape index (κ3) is 5.40. The second-order valence-electron chi connectivity index (χ2n) is 4.98. The minimum absolute atomic E-state index is 0.0587. The SMILES string of the molecule is C=CC(=O)OCOc1ccc(C(=O)Oc2ccc(C(=O)OC)cc2)c(F)c1. The summed E-state index contributed by atoms with van der Waals surface area (Å²) in [5, 5.41) is 0. The van der Waals surface area contributed by atoms with Crippen LogP contribution in [0.25, 0.3) is 0 Å². The van der Waals surface area contributed by atoms with Crippen molar-refractivity contribution in [2.24, 2.45) is 0 Å². The largest absolute Gasteiger partial charge is 0.465 e. The first-order chi connectivity index (χ1) is 12.9. The normalized spacial score (nSPS) is 9.85. The Kier molecular flexibility index (Phi) is 6.65. The second-order valence-corrected chi connectivity index (χ2v) is 4.98. The molecule has 140 valence electrons. The Labute approximate surface area is 153 Å². The molecule has 0 aliphatic carbocycles. The highest BCUT2D eigenvalue weighted by atomic mass is 19.1. The van der Waals surface area contributed by atoms with Gasteiger partial charge in [-0.25, -0.2) is 18.8 Å². The molecule has 0 saturated carbocycles. The number of methoxy groups -OCH3 is 1. The highest BCUT2D eigenvalue weighted by Crippen LogP contribution is 2.20. The molecule has 0 unspecified atom stereocenters. The lowest BCUT2D eigenvalue weighted by Gasteiger charge is -2.09. The summed E-state index contributed by atoms with van der Waals surface area (Å²) < 4.78 is 33.4. The van der Waals surface area contributed by atoms with Crippen molar-refractivity contribution in [1.29, 1.82) is 0 Å². The van der Waals surface area contributed by atoms with E-state index in [9.17, 15) is 18.8 Å². The maximum Gasteiger partial charge on any atom is 0.346 e. The molecule has 0 bridgehead atoms. The average molecular weight is 374 g/mol. The lowest BCUT2D eigenvalue weighted by atomic mass is 10.2. The zero-order valence-corrected chi connectivity index (χ0v) is 14.3. The molecule has 2 aromatic carbocycles. The van der Waals surface area contributed by atoms with Crippen LogP contribution in [0.15, 0.2) is 55.1 Å². The van der Waals surface area contributed by atoms with E-state index in [1.165, 1.54) is 43.5 Å². The van der Waals surface area contributed by atoms with Gasteiger partial charge in [-0.3, -0.25) is 0 Å². The monoisotopic (exact) mass is 374 g/mol. The van der Waals surface area contributed by atoms with E-state index < -0.39 is 30.5 Å². The van der Waals surface area contributed by atoms with Gasteiger partial charge in [0.25, 0.3) is 0 Å². The first-order valence-electron chi connectivity index (χ1n) is 7.56. The zero-order chi connectivity index (χ0) is 19.8. The van der Waals surface area contributed by atoms with Gasteiger partial charge >= 0.3 is 17.9 Å². The van der Waals surface area contributed by atoms with Crippen molar-refractivity contribution < 1.29 is 37.7 Å². The van der Waals surface area contributed by atoms with Gasteiger partial charge in [0.1, 0.15) is 17.3 Å². The van der Waals surface area contributed by atoms with Crippen LogP contribution in [0.3, 0.4) is 0 Å². The van der Waals surface area contributed by atoms with Gasteiger partial charge in [0, 0.05) is 12.1 Å². The van der Waals surface area contributed by atoms with Crippen molar-refractivity contribution in [2.45, 2.75) is 0 Å². The highest BCUT2D eigenvalue weighted by molar-refractivity contribution is 5.92. The minimum atomic E-state index is -0.928. The molecule has 0 saturated heterocycles. The van der Waals surface area contributed by atoms with E-state index in [0.29, 0.717) is 0 Å². The third-order valence-electron chi connectivity index (χ3n) is 3.24. The van der Waals surface area contributed by atoms with Crippen molar-refractivity contribution in [2.75, 3.05) is 13.9 Å². The fourth-order valence-electron chi connectivity index (χ4n) is 1.90. The van der Waals surface area contributed by atoms with Crippen LogP contribution in [-0.2, 0) is 14.3 Å². The fraction of sp³-hybridized carbons (Fsp3) is 0.105. The molecular weight excluding hydrogens is 359 g/mol. The van der Waals surface area contributed by atoms with Gasteiger partial charge in [-0.05, 0) is 36.4 Å². The van der Waals surface area contributed by atoms with Gasteiger partial charge in [-0.2, -0.15) is 0 Å². The maximum absolute atomic E-state index is 14.1. The second kappa shape index (κ2) is 9.14. The molecule has 0 fully saturated rings. The molecule has 0 atom stereocenters. The Morgan fingerprint density at radius 2 is 1.70 bits per heavy atom. The molecule has 0 amide bonds. The molecule has 2 aromatic rings. The van der Waals surface area contributed by atoms with Crippen LogP contribution in [0, 0.1) is 5.82 Å². The van der Waals surface area contributed by atoms with Crippen LogP contribution in [-0.4, -0.2) is 31.8 Å². The number of esters is 3. The van der Waals surface area contributed by atoms with Crippen LogP contribution in [0.5, 0.6) is 11.5 Å². The summed E-state index contributed by atoms with van der Waals surface area (Å²) in [5.41, 5.74) is -0.0374. The lowest BCUT2D eigenvalue weighted by molar-refractivity contribution is -0.144. The number of carbonyl (C=O) groups is 3. The van der Waals surface area contributed by atoms with E-state index in [-0.39, 0.29) is 22.6 Å². The smallest absolute Gasteiger partial charge is 0.346 e. The fourth-order valence-corrected chi connectivity index (χ4v) is 1.90. The predicted molar refractivity (Wildman–Crippen MR) is 90.9 cm³/mol. The van der Waals surface area contributed by atoms with Crippen molar-refractivity contribution in [3.05, 3.63) is 72.1 Å². The van der Waals surface area contributed by atoms with Crippen LogP contribution in [0.2, 0.25) is 0 Å². The quantitative estimate of drug-likeness (QED) is 0.319. The molecule has 0 N–H and O–H groups in total. The van der Waals surface area contributed by atoms with E-state index in [0.717, 1.165) is 12.1 Å². The third-order valence-corrected chi connectivity index (χ3v) is 3.24. The number of hydrogen-bond donors (Lipinski definition) is 0. The molecule has 0 radical (unpaired) electrons. The zero-order valence-electron chi connectivity index (χ0n) is 14.3. The summed E-state index contributed by atoms with van der Waals surface area (Å²) in [6, 6.07) is 9.03. The number of rotatable bonds is 7. The van der Waals surface area contributed by atoms with E-state index in [4.69, 9.17) is 9.47 Å².